The van der Waals surface area contributed by atoms with E-state index < -0.39 is 5.82 Å². The Labute approximate surface area is 137 Å². The molecule has 24 heavy (non-hydrogen) atoms. The Kier molecular flexibility index (Phi) is 3.41. The van der Waals surface area contributed by atoms with Gasteiger partial charge in [0, 0.05) is 24.8 Å². The summed E-state index contributed by atoms with van der Waals surface area (Å²) in [5.74, 6) is -0.502. The highest BCUT2D eigenvalue weighted by molar-refractivity contribution is 5.99. The normalized spacial score (nSPS) is 13.8. The minimum atomic E-state index is -0.497. The SMILES string of the molecule is COc1ccc(-c2c(C(=O)N3CCC3)nc3cccnn23)cc1F. The van der Waals surface area contributed by atoms with Crippen molar-refractivity contribution in [3.05, 3.63) is 48.0 Å². The Morgan fingerprint density at radius 1 is 1.29 bits per heavy atom. The van der Waals surface area contributed by atoms with Gasteiger partial charge in [0.15, 0.2) is 22.9 Å². The van der Waals surface area contributed by atoms with Gasteiger partial charge in [0.25, 0.3) is 5.91 Å². The Balaban J connectivity index is 1.92. The van der Waals surface area contributed by atoms with Crippen LogP contribution in [0.2, 0.25) is 0 Å². The number of benzene rings is 1. The highest BCUT2D eigenvalue weighted by Gasteiger charge is 2.28. The predicted molar refractivity (Wildman–Crippen MR) is 85.5 cm³/mol. The van der Waals surface area contributed by atoms with Crippen molar-refractivity contribution in [3.63, 3.8) is 0 Å². The van der Waals surface area contributed by atoms with Gasteiger partial charge in [-0.15, -0.1) is 0 Å². The molecule has 0 N–H and O–H groups in total. The van der Waals surface area contributed by atoms with Crippen LogP contribution in [0.3, 0.4) is 0 Å². The van der Waals surface area contributed by atoms with Crippen LogP contribution in [-0.2, 0) is 0 Å². The standard InChI is InChI=1S/C17H15FN4O2/c1-24-13-6-5-11(10-12(13)18)16-15(17(23)21-8-3-9-21)20-14-4-2-7-19-22(14)16/h2,4-7,10H,3,8-9H2,1H3. The number of imidazole rings is 1. The zero-order chi connectivity index (χ0) is 16.7. The first kappa shape index (κ1) is 14.6. The summed E-state index contributed by atoms with van der Waals surface area (Å²) in [4.78, 5) is 18.8. The van der Waals surface area contributed by atoms with Gasteiger partial charge < -0.3 is 9.64 Å². The Hall–Kier alpha value is -2.96. The van der Waals surface area contributed by atoms with E-state index in [2.05, 4.69) is 10.1 Å². The molecule has 7 heteroatoms. The van der Waals surface area contributed by atoms with Crippen LogP contribution in [0.15, 0.2) is 36.5 Å². The fraction of sp³-hybridized carbons (Fsp3) is 0.235. The van der Waals surface area contributed by atoms with Gasteiger partial charge in [0.05, 0.1) is 7.11 Å². The minimum Gasteiger partial charge on any atom is -0.494 e. The van der Waals surface area contributed by atoms with Gasteiger partial charge in [-0.25, -0.2) is 13.9 Å². The van der Waals surface area contributed by atoms with Crippen molar-refractivity contribution in [1.82, 2.24) is 19.5 Å². The zero-order valence-electron chi connectivity index (χ0n) is 13.1. The maximum Gasteiger partial charge on any atom is 0.274 e. The third kappa shape index (κ3) is 2.20. The van der Waals surface area contributed by atoms with Crippen LogP contribution in [0.5, 0.6) is 5.75 Å². The van der Waals surface area contributed by atoms with Gasteiger partial charge in [-0.05, 0) is 36.8 Å². The van der Waals surface area contributed by atoms with Crippen LogP contribution in [-0.4, -0.2) is 45.6 Å². The lowest BCUT2D eigenvalue weighted by Crippen LogP contribution is -2.42. The number of aromatic nitrogens is 3. The van der Waals surface area contributed by atoms with E-state index in [9.17, 15) is 9.18 Å². The molecule has 2 aromatic heterocycles. The maximum absolute atomic E-state index is 14.1. The molecule has 0 bridgehead atoms. The molecule has 0 unspecified atom stereocenters. The van der Waals surface area contributed by atoms with E-state index in [-0.39, 0.29) is 17.4 Å². The number of likely N-dealkylation sites (tertiary alicyclic amines) is 1. The highest BCUT2D eigenvalue weighted by Crippen LogP contribution is 2.29. The van der Waals surface area contributed by atoms with Crippen molar-refractivity contribution >= 4 is 11.6 Å². The number of fused-ring (bicyclic) bond motifs is 1. The molecular formula is C17H15FN4O2. The largest absolute Gasteiger partial charge is 0.494 e. The van der Waals surface area contributed by atoms with Crippen LogP contribution in [0, 0.1) is 5.82 Å². The van der Waals surface area contributed by atoms with Crippen LogP contribution in [0.4, 0.5) is 4.39 Å². The van der Waals surface area contributed by atoms with Gasteiger partial charge in [0.2, 0.25) is 0 Å². The molecule has 1 aliphatic heterocycles. The third-order valence-corrected chi connectivity index (χ3v) is 4.16. The summed E-state index contributed by atoms with van der Waals surface area (Å²) in [5, 5.41) is 4.27. The summed E-state index contributed by atoms with van der Waals surface area (Å²) in [6.45, 7) is 1.44. The summed E-state index contributed by atoms with van der Waals surface area (Å²) in [6, 6.07) is 8.09. The van der Waals surface area contributed by atoms with Crippen molar-refractivity contribution in [3.8, 4) is 17.0 Å². The van der Waals surface area contributed by atoms with Gasteiger partial charge in [-0.3, -0.25) is 4.79 Å². The number of amides is 1. The Bertz CT molecular complexity index is 933. The maximum atomic E-state index is 14.1. The van der Waals surface area contributed by atoms with E-state index >= 15 is 0 Å². The van der Waals surface area contributed by atoms with Gasteiger partial charge in [0.1, 0.15) is 5.69 Å². The van der Waals surface area contributed by atoms with Crippen molar-refractivity contribution in [2.24, 2.45) is 0 Å². The van der Waals surface area contributed by atoms with Crippen LogP contribution in [0.1, 0.15) is 16.9 Å². The molecule has 1 amide bonds. The van der Waals surface area contributed by atoms with E-state index in [1.807, 2.05) is 0 Å². The third-order valence-electron chi connectivity index (χ3n) is 4.16. The van der Waals surface area contributed by atoms with Crippen molar-refractivity contribution < 1.29 is 13.9 Å². The van der Waals surface area contributed by atoms with Crippen molar-refractivity contribution in [1.29, 1.82) is 0 Å². The Morgan fingerprint density at radius 3 is 2.79 bits per heavy atom. The van der Waals surface area contributed by atoms with E-state index in [4.69, 9.17) is 4.74 Å². The van der Waals surface area contributed by atoms with E-state index in [0.717, 1.165) is 19.5 Å². The second-order valence-electron chi connectivity index (χ2n) is 5.60. The number of rotatable bonds is 3. The van der Waals surface area contributed by atoms with E-state index in [0.29, 0.717) is 16.9 Å². The molecule has 3 aromatic rings. The Morgan fingerprint density at radius 2 is 2.12 bits per heavy atom. The number of hydrogen-bond acceptors (Lipinski definition) is 4. The lowest BCUT2D eigenvalue weighted by Gasteiger charge is -2.30. The lowest BCUT2D eigenvalue weighted by atomic mass is 10.1. The molecule has 1 aliphatic rings. The molecule has 0 saturated carbocycles. The van der Waals surface area contributed by atoms with Crippen LogP contribution >= 0.6 is 0 Å². The minimum absolute atomic E-state index is 0.149. The summed E-state index contributed by atoms with van der Waals surface area (Å²) >= 11 is 0. The smallest absolute Gasteiger partial charge is 0.274 e. The first-order valence-corrected chi connectivity index (χ1v) is 7.66. The summed E-state index contributed by atoms with van der Waals surface area (Å²) in [5.41, 5.74) is 1.86. The molecule has 122 valence electrons. The molecule has 1 aromatic carbocycles. The molecule has 0 atom stereocenters. The summed E-state index contributed by atoms with van der Waals surface area (Å²) in [6.07, 6.45) is 2.60. The van der Waals surface area contributed by atoms with Crippen LogP contribution < -0.4 is 4.74 Å². The summed E-state index contributed by atoms with van der Waals surface area (Å²) < 4.78 is 20.7. The number of carbonyl (C=O) groups excluding carboxylic acids is 1. The number of nitrogens with zero attached hydrogens (tertiary/aromatic N) is 4. The number of carbonyl (C=O) groups is 1. The quantitative estimate of drug-likeness (QED) is 0.741. The topological polar surface area (TPSA) is 59.7 Å². The van der Waals surface area contributed by atoms with Crippen molar-refractivity contribution in [2.45, 2.75) is 6.42 Å². The van der Waals surface area contributed by atoms with Gasteiger partial charge in [-0.1, -0.05) is 0 Å². The van der Waals surface area contributed by atoms with E-state index in [1.54, 1.807) is 33.8 Å². The summed E-state index contributed by atoms with van der Waals surface area (Å²) in [7, 11) is 1.41. The molecule has 1 fully saturated rings. The predicted octanol–water partition coefficient (Wildman–Crippen LogP) is 2.39. The fourth-order valence-corrected chi connectivity index (χ4v) is 2.78. The van der Waals surface area contributed by atoms with Gasteiger partial charge in [-0.2, -0.15) is 5.10 Å². The number of halogens is 1. The number of ether oxygens (including phenoxy) is 1. The van der Waals surface area contributed by atoms with Gasteiger partial charge >= 0.3 is 0 Å². The molecule has 0 radical (unpaired) electrons. The number of methoxy groups -OCH3 is 1. The molecule has 0 spiro atoms. The molecular weight excluding hydrogens is 311 g/mol. The average Bonchev–Trinajstić information content (AvgIpc) is 2.92. The zero-order valence-corrected chi connectivity index (χ0v) is 13.1. The number of hydrogen-bond donors (Lipinski definition) is 0. The molecule has 3 heterocycles. The van der Waals surface area contributed by atoms with E-state index in [1.165, 1.54) is 19.2 Å². The van der Waals surface area contributed by atoms with Crippen LogP contribution in [0.25, 0.3) is 16.9 Å². The first-order valence-electron chi connectivity index (χ1n) is 7.66. The second kappa shape index (κ2) is 5.59. The molecule has 0 aliphatic carbocycles. The second-order valence-corrected chi connectivity index (χ2v) is 5.60. The molecule has 1 saturated heterocycles. The first-order chi connectivity index (χ1) is 11.7. The molecule has 6 nitrogen and oxygen atoms in total. The highest BCUT2D eigenvalue weighted by atomic mass is 19.1. The lowest BCUT2D eigenvalue weighted by molar-refractivity contribution is 0.0647. The monoisotopic (exact) mass is 326 g/mol. The fourth-order valence-electron chi connectivity index (χ4n) is 2.78. The molecule has 4 rings (SSSR count). The van der Waals surface area contributed by atoms with Crippen molar-refractivity contribution in [2.75, 3.05) is 20.2 Å². The average molecular weight is 326 g/mol.